The van der Waals surface area contributed by atoms with Crippen LogP contribution in [0.5, 0.6) is 0 Å². The Morgan fingerprint density at radius 2 is 2.17 bits per heavy atom. The van der Waals surface area contributed by atoms with Gasteiger partial charge in [0, 0.05) is 13.2 Å². The molecule has 0 unspecified atom stereocenters. The third-order valence-electron chi connectivity index (χ3n) is 4.27. The number of aliphatic hydroxyl groups is 1. The van der Waals surface area contributed by atoms with Gasteiger partial charge in [0.1, 0.15) is 17.8 Å². The number of fused-ring (bicyclic) bond motifs is 1. The molecule has 0 amide bonds. The maximum absolute atomic E-state index is 10.8. The Balaban J connectivity index is 1.68. The fourth-order valence-corrected chi connectivity index (χ4v) is 3.57. The second-order valence-electron chi connectivity index (χ2n) is 5.80. The van der Waals surface area contributed by atoms with Gasteiger partial charge >= 0.3 is 0 Å². The SMILES string of the molecule is CCc1c[nH]c2ncnc(N3CC(O)(c4nc(Br)nn4C)C3)c12. The largest absolute Gasteiger partial charge is 0.378 e. The number of nitrogens with zero attached hydrogens (tertiary/aromatic N) is 6. The van der Waals surface area contributed by atoms with Crippen LogP contribution in [0.15, 0.2) is 17.3 Å². The Kier molecular flexibility index (Phi) is 3.17. The number of halogens is 1. The van der Waals surface area contributed by atoms with Crippen LogP contribution in [0, 0.1) is 0 Å². The van der Waals surface area contributed by atoms with E-state index in [1.165, 1.54) is 5.56 Å². The summed E-state index contributed by atoms with van der Waals surface area (Å²) in [6.45, 7) is 2.95. The molecule has 3 aromatic heterocycles. The standard InChI is InChI=1S/C14H16BrN7O/c1-3-8-4-16-10-9(8)11(18-7-17-10)22-5-14(23,6-22)12-19-13(15)20-21(12)2/h4,7,23H,3,5-6H2,1-2H3,(H,16,17,18). The highest BCUT2D eigenvalue weighted by molar-refractivity contribution is 9.10. The summed E-state index contributed by atoms with van der Waals surface area (Å²) in [7, 11) is 1.78. The Hall–Kier alpha value is -2.00. The molecule has 1 saturated heterocycles. The van der Waals surface area contributed by atoms with Crippen molar-refractivity contribution in [1.82, 2.24) is 29.7 Å². The lowest BCUT2D eigenvalue weighted by molar-refractivity contribution is -0.00454. The molecule has 4 rings (SSSR count). The van der Waals surface area contributed by atoms with E-state index in [4.69, 9.17) is 0 Å². The zero-order valence-corrected chi connectivity index (χ0v) is 14.4. The molecule has 3 aromatic rings. The van der Waals surface area contributed by atoms with Gasteiger partial charge in [-0.2, -0.15) is 0 Å². The normalized spacial score (nSPS) is 16.8. The maximum Gasteiger partial charge on any atom is 0.217 e. The summed E-state index contributed by atoms with van der Waals surface area (Å²) in [6, 6.07) is 0. The number of aryl methyl sites for hydroxylation is 2. The Morgan fingerprint density at radius 1 is 1.39 bits per heavy atom. The van der Waals surface area contributed by atoms with Gasteiger partial charge < -0.3 is 15.0 Å². The van der Waals surface area contributed by atoms with Crippen molar-refractivity contribution in [1.29, 1.82) is 0 Å². The topological polar surface area (TPSA) is 95.8 Å². The number of nitrogens with one attached hydrogen (secondary N) is 1. The number of rotatable bonds is 3. The van der Waals surface area contributed by atoms with Gasteiger partial charge in [0.25, 0.3) is 0 Å². The molecular weight excluding hydrogens is 362 g/mol. The van der Waals surface area contributed by atoms with Crippen molar-refractivity contribution < 1.29 is 5.11 Å². The molecule has 0 atom stereocenters. The number of aromatic amines is 1. The van der Waals surface area contributed by atoms with Gasteiger partial charge in [0.2, 0.25) is 4.73 Å². The number of β-amino-alcohol motifs (C(OH)–C–C–N with tert-alkyl or cyclic N) is 1. The van der Waals surface area contributed by atoms with Gasteiger partial charge in [0.15, 0.2) is 11.4 Å². The third kappa shape index (κ3) is 2.14. The van der Waals surface area contributed by atoms with Crippen LogP contribution in [-0.2, 0) is 19.1 Å². The highest BCUT2D eigenvalue weighted by Crippen LogP contribution is 2.37. The first kappa shape index (κ1) is 14.6. The van der Waals surface area contributed by atoms with Crippen molar-refractivity contribution in [3.63, 3.8) is 0 Å². The second-order valence-corrected chi connectivity index (χ2v) is 6.51. The molecule has 0 aromatic carbocycles. The summed E-state index contributed by atoms with van der Waals surface area (Å²) in [5.74, 6) is 1.40. The molecule has 0 radical (unpaired) electrons. The van der Waals surface area contributed by atoms with E-state index in [9.17, 15) is 5.11 Å². The van der Waals surface area contributed by atoms with Crippen LogP contribution in [0.25, 0.3) is 11.0 Å². The Morgan fingerprint density at radius 3 is 2.83 bits per heavy atom. The molecule has 1 aliphatic rings. The lowest BCUT2D eigenvalue weighted by Gasteiger charge is -2.46. The maximum atomic E-state index is 10.8. The number of hydrogen-bond donors (Lipinski definition) is 2. The van der Waals surface area contributed by atoms with Crippen LogP contribution >= 0.6 is 15.9 Å². The van der Waals surface area contributed by atoms with Gasteiger partial charge in [-0.1, -0.05) is 6.92 Å². The Labute approximate surface area is 140 Å². The van der Waals surface area contributed by atoms with Crippen LogP contribution in [0.3, 0.4) is 0 Å². The molecule has 8 nitrogen and oxygen atoms in total. The minimum absolute atomic E-state index is 0.423. The number of aromatic nitrogens is 6. The van der Waals surface area contributed by atoms with Crippen LogP contribution in [0.1, 0.15) is 18.3 Å². The van der Waals surface area contributed by atoms with Gasteiger partial charge in [-0.3, -0.25) is 0 Å². The Bertz CT molecular complexity index is 881. The predicted octanol–water partition coefficient (Wildman–Crippen LogP) is 1.12. The minimum Gasteiger partial charge on any atom is -0.378 e. The third-order valence-corrected chi connectivity index (χ3v) is 4.61. The molecule has 9 heteroatoms. The lowest BCUT2D eigenvalue weighted by Crippen LogP contribution is -2.61. The van der Waals surface area contributed by atoms with Crippen molar-refractivity contribution in [2.75, 3.05) is 18.0 Å². The quantitative estimate of drug-likeness (QED) is 0.709. The van der Waals surface area contributed by atoms with Gasteiger partial charge in [-0.25, -0.2) is 19.6 Å². The first-order valence-electron chi connectivity index (χ1n) is 7.37. The highest BCUT2D eigenvalue weighted by atomic mass is 79.9. The van der Waals surface area contributed by atoms with E-state index < -0.39 is 5.60 Å². The molecular formula is C14H16BrN7O. The average molecular weight is 378 g/mol. The lowest BCUT2D eigenvalue weighted by atomic mass is 9.92. The van der Waals surface area contributed by atoms with E-state index in [0.29, 0.717) is 23.6 Å². The van der Waals surface area contributed by atoms with E-state index >= 15 is 0 Å². The molecule has 0 aliphatic carbocycles. The molecule has 0 bridgehead atoms. The summed E-state index contributed by atoms with van der Waals surface area (Å²) in [4.78, 5) is 18.2. The van der Waals surface area contributed by atoms with Crippen LogP contribution in [-0.4, -0.2) is 47.9 Å². The molecule has 2 N–H and O–H groups in total. The van der Waals surface area contributed by atoms with Crippen molar-refractivity contribution in [2.24, 2.45) is 7.05 Å². The smallest absolute Gasteiger partial charge is 0.217 e. The van der Waals surface area contributed by atoms with Gasteiger partial charge in [-0.05, 0) is 27.9 Å². The average Bonchev–Trinajstić information content (AvgIpc) is 3.06. The second kappa shape index (κ2) is 5.00. The first-order valence-corrected chi connectivity index (χ1v) is 8.16. The monoisotopic (exact) mass is 377 g/mol. The van der Waals surface area contributed by atoms with E-state index in [0.717, 1.165) is 23.3 Å². The zero-order chi connectivity index (χ0) is 16.2. The molecule has 4 heterocycles. The van der Waals surface area contributed by atoms with Gasteiger partial charge in [-0.15, -0.1) is 5.10 Å². The summed E-state index contributed by atoms with van der Waals surface area (Å²) in [5, 5.41) is 16.0. The van der Waals surface area contributed by atoms with Crippen molar-refractivity contribution in [2.45, 2.75) is 18.9 Å². The highest BCUT2D eigenvalue weighted by Gasteiger charge is 2.47. The number of anilines is 1. The zero-order valence-electron chi connectivity index (χ0n) is 12.8. The van der Waals surface area contributed by atoms with Crippen LogP contribution in [0.4, 0.5) is 5.82 Å². The molecule has 1 aliphatic heterocycles. The molecule has 23 heavy (non-hydrogen) atoms. The van der Waals surface area contributed by atoms with Crippen molar-refractivity contribution in [3.8, 4) is 0 Å². The molecule has 0 saturated carbocycles. The first-order chi connectivity index (χ1) is 11.0. The molecule has 1 fully saturated rings. The summed E-state index contributed by atoms with van der Waals surface area (Å²) in [5.41, 5.74) is 0.976. The summed E-state index contributed by atoms with van der Waals surface area (Å²) >= 11 is 3.24. The van der Waals surface area contributed by atoms with E-state index in [2.05, 4.69) is 47.9 Å². The van der Waals surface area contributed by atoms with Crippen LogP contribution in [0.2, 0.25) is 0 Å². The number of H-pyrrole nitrogens is 1. The van der Waals surface area contributed by atoms with Crippen molar-refractivity contribution >= 4 is 32.8 Å². The van der Waals surface area contributed by atoms with E-state index in [-0.39, 0.29) is 0 Å². The van der Waals surface area contributed by atoms with E-state index in [1.807, 2.05) is 11.1 Å². The fourth-order valence-electron chi connectivity index (χ4n) is 3.16. The number of hydrogen-bond acceptors (Lipinski definition) is 6. The summed E-state index contributed by atoms with van der Waals surface area (Å²) in [6.07, 6.45) is 4.41. The van der Waals surface area contributed by atoms with Gasteiger partial charge in [0.05, 0.1) is 18.5 Å². The van der Waals surface area contributed by atoms with Crippen molar-refractivity contribution in [3.05, 3.63) is 28.6 Å². The molecule has 0 spiro atoms. The fraction of sp³-hybridized carbons (Fsp3) is 0.429. The van der Waals surface area contributed by atoms with Crippen LogP contribution < -0.4 is 4.90 Å². The van der Waals surface area contributed by atoms with E-state index in [1.54, 1.807) is 18.1 Å². The predicted molar refractivity (Wildman–Crippen MR) is 88.1 cm³/mol. The molecule has 120 valence electrons. The summed E-state index contributed by atoms with van der Waals surface area (Å²) < 4.78 is 2.08. The minimum atomic E-state index is -1.02.